The molecule has 0 spiro atoms. The molecule has 8 nitrogen and oxygen atoms in total. The molecule has 0 aromatic heterocycles. The summed E-state index contributed by atoms with van der Waals surface area (Å²) >= 11 is 0. The number of methoxy groups -OCH3 is 1. The van der Waals surface area contributed by atoms with Crippen LogP contribution in [0.1, 0.15) is 18.4 Å². The fraction of sp³-hybridized carbons (Fsp3) is 0.300. The molecule has 1 saturated heterocycles. The maximum atomic E-state index is 12.6. The Kier molecular flexibility index (Phi) is 6.50. The third-order valence-electron chi connectivity index (χ3n) is 4.80. The van der Waals surface area contributed by atoms with Gasteiger partial charge in [0, 0.05) is 19.0 Å². The number of sulfonamides is 1. The summed E-state index contributed by atoms with van der Waals surface area (Å²) in [5.74, 6) is -0.217. The van der Waals surface area contributed by atoms with Gasteiger partial charge >= 0.3 is 0 Å². The molecule has 9 heteroatoms. The predicted molar refractivity (Wildman–Crippen MR) is 108 cm³/mol. The number of hydrogen-bond acceptors (Lipinski definition) is 6. The molecule has 2 N–H and O–H groups in total. The second-order valence-electron chi connectivity index (χ2n) is 6.66. The number of ether oxygens (including phenoxy) is 1. The van der Waals surface area contributed by atoms with Gasteiger partial charge in [0.25, 0.3) is 0 Å². The third-order valence-corrected chi connectivity index (χ3v) is 6.71. The minimum Gasteiger partial charge on any atom is -0.504 e. The molecule has 0 unspecified atom stereocenters. The topological polar surface area (TPSA) is 108 Å². The fourth-order valence-corrected chi connectivity index (χ4v) is 4.63. The van der Waals surface area contributed by atoms with Crippen molar-refractivity contribution in [3.8, 4) is 11.5 Å². The SMILES string of the molecule is COc1cc(C=NNC(=O)C2CCN(S(=O)(=O)c3ccccc3)CC2)ccc1O. The van der Waals surface area contributed by atoms with Crippen molar-refractivity contribution in [3.63, 3.8) is 0 Å². The first kappa shape index (κ1) is 20.8. The Bertz CT molecular complexity index is 984. The lowest BCUT2D eigenvalue weighted by atomic mass is 9.98. The molecule has 0 atom stereocenters. The largest absolute Gasteiger partial charge is 0.504 e. The summed E-state index contributed by atoms with van der Waals surface area (Å²) < 4.78 is 31.7. The standard InChI is InChI=1S/C20H23N3O5S/c1-28-19-13-15(7-8-18(19)24)14-21-22-20(25)16-9-11-23(12-10-16)29(26,27)17-5-3-2-4-6-17/h2-8,13-14,16,24H,9-12H2,1H3,(H,22,25). The molecule has 1 aliphatic heterocycles. The Morgan fingerprint density at radius 3 is 2.55 bits per heavy atom. The normalized spacial score (nSPS) is 16.0. The van der Waals surface area contributed by atoms with Crippen molar-refractivity contribution in [2.75, 3.05) is 20.2 Å². The van der Waals surface area contributed by atoms with Crippen LogP contribution in [0.15, 0.2) is 58.5 Å². The Labute approximate surface area is 169 Å². The summed E-state index contributed by atoms with van der Waals surface area (Å²) in [6.45, 7) is 0.572. The summed E-state index contributed by atoms with van der Waals surface area (Å²) in [6.07, 6.45) is 2.32. The Morgan fingerprint density at radius 2 is 1.90 bits per heavy atom. The first-order chi connectivity index (χ1) is 13.9. The van der Waals surface area contributed by atoms with Crippen LogP contribution in [-0.4, -0.2) is 50.2 Å². The van der Waals surface area contributed by atoms with Gasteiger partial charge in [-0.25, -0.2) is 13.8 Å². The van der Waals surface area contributed by atoms with E-state index >= 15 is 0 Å². The molecule has 3 rings (SSSR count). The van der Waals surface area contributed by atoms with Gasteiger partial charge in [0.1, 0.15) is 0 Å². The van der Waals surface area contributed by atoms with Crippen LogP contribution in [-0.2, 0) is 14.8 Å². The van der Waals surface area contributed by atoms with Gasteiger partial charge in [-0.05, 0) is 48.7 Å². The number of carbonyl (C=O) groups is 1. The van der Waals surface area contributed by atoms with Crippen LogP contribution in [0.25, 0.3) is 0 Å². The molecule has 0 saturated carbocycles. The molecule has 1 aliphatic rings. The van der Waals surface area contributed by atoms with Crippen molar-refractivity contribution >= 4 is 22.1 Å². The predicted octanol–water partition coefficient (Wildman–Crippen LogP) is 1.95. The first-order valence-corrected chi connectivity index (χ1v) is 10.6. The maximum absolute atomic E-state index is 12.6. The number of phenols is 1. The van der Waals surface area contributed by atoms with E-state index in [1.165, 1.54) is 23.7 Å². The smallest absolute Gasteiger partial charge is 0.243 e. The highest BCUT2D eigenvalue weighted by atomic mass is 32.2. The lowest BCUT2D eigenvalue weighted by molar-refractivity contribution is -0.126. The van der Waals surface area contributed by atoms with Gasteiger partial charge in [-0.2, -0.15) is 9.41 Å². The van der Waals surface area contributed by atoms with E-state index in [1.807, 2.05) is 0 Å². The minimum atomic E-state index is -3.53. The van der Waals surface area contributed by atoms with Crippen LogP contribution in [0.3, 0.4) is 0 Å². The molecule has 1 heterocycles. The van der Waals surface area contributed by atoms with E-state index < -0.39 is 10.0 Å². The average molecular weight is 417 g/mol. The molecule has 1 fully saturated rings. The number of hydrogen-bond donors (Lipinski definition) is 2. The zero-order chi connectivity index (χ0) is 20.9. The maximum Gasteiger partial charge on any atom is 0.243 e. The number of aromatic hydroxyl groups is 1. The van der Waals surface area contributed by atoms with Crippen LogP contribution in [0.4, 0.5) is 0 Å². The summed E-state index contributed by atoms with van der Waals surface area (Å²) in [5, 5.41) is 13.5. The number of nitrogens with zero attached hydrogens (tertiary/aromatic N) is 2. The van der Waals surface area contributed by atoms with Crippen LogP contribution >= 0.6 is 0 Å². The monoisotopic (exact) mass is 417 g/mol. The highest BCUT2D eigenvalue weighted by Crippen LogP contribution is 2.26. The molecule has 2 aromatic carbocycles. The molecule has 154 valence electrons. The first-order valence-electron chi connectivity index (χ1n) is 9.17. The van der Waals surface area contributed by atoms with Crippen molar-refractivity contribution in [2.24, 2.45) is 11.0 Å². The zero-order valence-electron chi connectivity index (χ0n) is 16.0. The van der Waals surface area contributed by atoms with Crippen molar-refractivity contribution in [1.82, 2.24) is 9.73 Å². The summed E-state index contributed by atoms with van der Waals surface area (Å²) in [7, 11) is -2.09. The van der Waals surface area contributed by atoms with Crippen LogP contribution < -0.4 is 10.2 Å². The molecule has 0 aliphatic carbocycles. The number of piperidine rings is 1. The molecular weight excluding hydrogens is 394 g/mol. The Hall–Kier alpha value is -2.91. The Morgan fingerprint density at radius 1 is 1.21 bits per heavy atom. The molecule has 0 radical (unpaired) electrons. The number of amides is 1. The number of nitrogens with one attached hydrogen (secondary N) is 1. The summed E-state index contributed by atoms with van der Waals surface area (Å²) in [5.41, 5.74) is 3.15. The number of hydrazone groups is 1. The van der Waals surface area contributed by atoms with E-state index in [0.717, 1.165) is 0 Å². The molecule has 2 aromatic rings. The van der Waals surface area contributed by atoms with Gasteiger partial charge in [0.05, 0.1) is 18.2 Å². The van der Waals surface area contributed by atoms with Gasteiger partial charge in [-0.15, -0.1) is 0 Å². The van der Waals surface area contributed by atoms with Gasteiger partial charge < -0.3 is 9.84 Å². The van der Waals surface area contributed by atoms with Gasteiger partial charge in [0.15, 0.2) is 11.5 Å². The molecule has 0 bridgehead atoms. The fourth-order valence-electron chi connectivity index (χ4n) is 3.14. The molecule has 1 amide bonds. The van der Waals surface area contributed by atoms with Gasteiger partial charge in [-0.1, -0.05) is 18.2 Å². The number of phenolic OH excluding ortho intramolecular Hbond substituents is 1. The zero-order valence-corrected chi connectivity index (χ0v) is 16.8. The van der Waals surface area contributed by atoms with Crippen molar-refractivity contribution in [1.29, 1.82) is 0 Å². The average Bonchev–Trinajstić information content (AvgIpc) is 2.75. The molecular formula is C20H23N3O5S. The van der Waals surface area contributed by atoms with E-state index in [9.17, 15) is 18.3 Å². The van der Waals surface area contributed by atoms with Crippen molar-refractivity contribution in [3.05, 3.63) is 54.1 Å². The van der Waals surface area contributed by atoms with Crippen molar-refractivity contribution in [2.45, 2.75) is 17.7 Å². The second-order valence-corrected chi connectivity index (χ2v) is 8.59. The lowest BCUT2D eigenvalue weighted by Crippen LogP contribution is -2.42. The van der Waals surface area contributed by atoms with E-state index in [0.29, 0.717) is 24.2 Å². The highest BCUT2D eigenvalue weighted by Gasteiger charge is 2.31. The van der Waals surface area contributed by atoms with E-state index in [-0.39, 0.29) is 35.6 Å². The Balaban J connectivity index is 1.54. The lowest BCUT2D eigenvalue weighted by Gasteiger charge is -2.30. The van der Waals surface area contributed by atoms with Gasteiger partial charge in [0.2, 0.25) is 15.9 Å². The van der Waals surface area contributed by atoms with E-state index in [4.69, 9.17) is 4.74 Å². The molecule has 29 heavy (non-hydrogen) atoms. The third kappa shape index (κ3) is 4.93. The number of carbonyl (C=O) groups excluding carboxylic acids is 1. The van der Waals surface area contributed by atoms with E-state index in [1.54, 1.807) is 42.5 Å². The van der Waals surface area contributed by atoms with Crippen LogP contribution in [0.2, 0.25) is 0 Å². The summed E-state index contributed by atoms with van der Waals surface area (Å²) in [6, 6.07) is 13.0. The number of benzene rings is 2. The minimum absolute atomic E-state index is 0.0194. The second kappa shape index (κ2) is 9.06. The quantitative estimate of drug-likeness (QED) is 0.552. The van der Waals surface area contributed by atoms with Crippen LogP contribution in [0, 0.1) is 5.92 Å². The van der Waals surface area contributed by atoms with Gasteiger partial charge in [-0.3, -0.25) is 4.79 Å². The number of rotatable bonds is 6. The van der Waals surface area contributed by atoms with Crippen molar-refractivity contribution < 1.29 is 23.1 Å². The van der Waals surface area contributed by atoms with E-state index in [2.05, 4.69) is 10.5 Å². The summed E-state index contributed by atoms with van der Waals surface area (Å²) in [4.78, 5) is 12.6. The highest BCUT2D eigenvalue weighted by molar-refractivity contribution is 7.89. The van der Waals surface area contributed by atoms with Crippen LogP contribution in [0.5, 0.6) is 11.5 Å².